The van der Waals surface area contributed by atoms with Gasteiger partial charge in [0.05, 0.1) is 5.69 Å². The molecule has 2 aromatic rings. The standard InChI is InChI=1S/C39H51FN2/c1-26(2)24-30(7)25-29(6)22-23-42-38(27(3)4)36(31(8)41-35-20-14-28(5)15-21-35)37(32-12-10-9-11-13-32)39(42)33-16-18-34(40)19-17-33/h9-10,12,14,16-21,27-30,41H,1,8,11,13,15,22-25H2,2-7H3. The number of halogens is 1. The van der Waals surface area contributed by atoms with Gasteiger partial charge in [0.25, 0.3) is 0 Å². The van der Waals surface area contributed by atoms with Crippen LogP contribution in [-0.4, -0.2) is 4.57 Å². The smallest absolute Gasteiger partial charge is 0.123 e. The first-order chi connectivity index (χ1) is 20.0. The molecule has 1 aromatic carbocycles. The van der Waals surface area contributed by atoms with E-state index in [4.69, 9.17) is 0 Å². The number of aromatic nitrogens is 1. The summed E-state index contributed by atoms with van der Waals surface area (Å²) < 4.78 is 16.7. The summed E-state index contributed by atoms with van der Waals surface area (Å²) in [5.41, 5.74) is 10.6. The first-order valence-electron chi connectivity index (χ1n) is 15.9. The minimum absolute atomic E-state index is 0.209. The Morgan fingerprint density at radius 3 is 2.43 bits per heavy atom. The van der Waals surface area contributed by atoms with Crippen LogP contribution in [0, 0.1) is 23.6 Å². The van der Waals surface area contributed by atoms with Crippen LogP contribution in [0.3, 0.4) is 0 Å². The third kappa shape index (κ3) is 7.73. The summed E-state index contributed by atoms with van der Waals surface area (Å²) >= 11 is 0. The van der Waals surface area contributed by atoms with Gasteiger partial charge in [-0.3, -0.25) is 0 Å². The molecule has 3 atom stereocenters. The van der Waals surface area contributed by atoms with E-state index in [2.05, 4.69) is 101 Å². The van der Waals surface area contributed by atoms with Gasteiger partial charge in [-0.25, -0.2) is 4.39 Å². The van der Waals surface area contributed by atoms with Gasteiger partial charge >= 0.3 is 0 Å². The molecule has 2 aliphatic rings. The van der Waals surface area contributed by atoms with Gasteiger partial charge in [-0.1, -0.05) is 77.2 Å². The third-order valence-corrected chi connectivity index (χ3v) is 8.56. The molecular formula is C39H51FN2. The minimum Gasteiger partial charge on any atom is -0.356 e. The zero-order valence-corrected chi connectivity index (χ0v) is 26.8. The minimum atomic E-state index is -0.209. The van der Waals surface area contributed by atoms with Crippen LogP contribution in [0.25, 0.3) is 22.5 Å². The van der Waals surface area contributed by atoms with Crippen molar-refractivity contribution in [1.82, 2.24) is 9.88 Å². The summed E-state index contributed by atoms with van der Waals surface area (Å²) in [7, 11) is 0. The summed E-state index contributed by atoms with van der Waals surface area (Å²) in [4.78, 5) is 0. The highest BCUT2D eigenvalue weighted by Crippen LogP contribution is 2.44. The van der Waals surface area contributed by atoms with Crippen molar-refractivity contribution in [3.8, 4) is 11.3 Å². The van der Waals surface area contributed by atoms with Gasteiger partial charge < -0.3 is 9.88 Å². The lowest BCUT2D eigenvalue weighted by Gasteiger charge is -2.22. The second-order valence-electron chi connectivity index (χ2n) is 13.2. The fraction of sp³-hybridized carbons (Fsp3) is 0.436. The highest BCUT2D eigenvalue weighted by Gasteiger charge is 2.29. The van der Waals surface area contributed by atoms with Crippen LogP contribution in [0.4, 0.5) is 4.39 Å². The second-order valence-corrected chi connectivity index (χ2v) is 13.2. The molecule has 0 fully saturated rings. The van der Waals surface area contributed by atoms with Crippen molar-refractivity contribution < 1.29 is 4.39 Å². The summed E-state index contributed by atoms with van der Waals surface area (Å²) in [5.74, 6) is 1.82. The van der Waals surface area contributed by atoms with Crippen molar-refractivity contribution in [3.63, 3.8) is 0 Å². The Hall–Kier alpha value is -3.33. The van der Waals surface area contributed by atoms with Crippen LogP contribution in [0.15, 0.2) is 85.1 Å². The maximum Gasteiger partial charge on any atom is 0.123 e. The number of hydrogen-bond acceptors (Lipinski definition) is 1. The molecule has 0 saturated carbocycles. The zero-order chi connectivity index (χ0) is 30.4. The summed E-state index contributed by atoms with van der Waals surface area (Å²) in [6.45, 7) is 23.4. The molecule has 0 spiro atoms. The van der Waals surface area contributed by atoms with E-state index in [0.29, 0.717) is 17.8 Å². The first-order valence-corrected chi connectivity index (χ1v) is 15.9. The molecule has 0 saturated heterocycles. The molecule has 3 heteroatoms. The molecule has 2 aliphatic carbocycles. The van der Waals surface area contributed by atoms with E-state index >= 15 is 0 Å². The molecule has 224 valence electrons. The van der Waals surface area contributed by atoms with Crippen LogP contribution in [0.1, 0.15) is 103 Å². The number of nitrogens with one attached hydrogen (secondary N) is 1. The number of nitrogens with zero attached hydrogens (tertiary/aromatic N) is 1. The van der Waals surface area contributed by atoms with Gasteiger partial charge in [-0.15, -0.1) is 6.58 Å². The van der Waals surface area contributed by atoms with Crippen LogP contribution in [-0.2, 0) is 6.54 Å². The van der Waals surface area contributed by atoms with Crippen molar-refractivity contribution in [2.24, 2.45) is 17.8 Å². The topological polar surface area (TPSA) is 17.0 Å². The molecule has 4 rings (SSSR count). The maximum absolute atomic E-state index is 14.2. The molecule has 0 aliphatic heterocycles. The molecule has 3 unspecified atom stereocenters. The van der Waals surface area contributed by atoms with Gasteiger partial charge in [0.2, 0.25) is 0 Å². The van der Waals surface area contributed by atoms with E-state index in [1.54, 1.807) is 12.1 Å². The van der Waals surface area contributed by atoms with Gasteiger partial charge in [-0.05, 0) is 111 Å². The fourth-order valence-corrected chi connectivity index (χ4v) is 6.70. The molecule has 42 heavy (non-hydrogen) atoms. The lowest BCUT2D eigenvalue weighted by molar-refractivity contribution is 0.373. The van der Waals surface area contributed by atoms with Crippen molar-refractivity contribution in [3.05, 3.63) is 108 Å². The van der Waals surface area contributed by atoms with Gasteiger partial charge in [0, 0.05) is 34.8 Å². The quantitative estimate of drug-likeness (QED) is 0.239. The van der Waals surface area contributed by atoms with Crippen molar-refractivity contribution >= 4 is 11.3 Å². The van der Waals surface area contributed by atoms with Gasteiger partial charge in [0.1, 0.15) is 5.82 Å². The molecule has 0 bridgehead atoms. The zero-order valence-electron chi connectivity index (χ0n) is 26.8. The molecule has 1 N–H and O–H groups in total. The average molecular weight is 567 g/mol. The van der Waals surface area contributed by atoms with Crippen LogP contribution < -0.4 is 5.32 Å². The highest BCUT2D eigenvalue weighted by atomic mass is 19.1. The maximum atomic E-state index is 14.2. The molecule has 0 amide bonds. The molecular weight excluding hydrogens is 515 g/mol. The molecule has 0 radical (unpaired) electrons. The van der Waals surface area contributed by atoms with E-state index < -0.39 is 0 Å². The Labute approximate surface area is 254 Å². The second kappa shape index (κ2) is 14.2. The van der Waals surface area contributed by atoms with E-state index in [-0.39, 0.29) is 11.7 Å². The van der Waals surface area contributed by atoms with E-state index in [1.807, 2.05) is 12.1 Å². The van der Waals surface area contributed by atoms with Crippen LogP contribution in [0.5, 0.6) is 0 Å². The summed E-state index contributed by atoms with van der Waals surface area (Å²) in [5, 5.41) is 3.69. The number of allylic oxidation sites excluding steroid dienone is 8. The predicted octanol–water partition coefficient (Wildman–Crippen LogP) is 11.2. The Morgan fingerprint density at radius 2 is 1.83 bits per heavy atom. The number of hydrogen-bond donors (Lipinski definition) is 1. The number of benzene rings is 1. The number of rotatable bonds is 13. The third-order valence-electron chi connectivity index (χ3n) is 8.56. The highest BCUT2D eigenvalue weighted by molar-refractivity contribution is 5.91. The predicted molar refractivity (Wildman–Crippen MR) is 180 cm³/mol. The Kier molecular flexibility index (Phi) is 10.7. The lowest BCUT2D eigenvalue weighted by atomic mass is 9.89. The van der Waals surface area contributed by atoms with Gasteiger partial charge in [-0.2, -0.15) is 0 Å². The summed E-state index contributed by atoms with van der Waals surface area (Å²) in [6, 6.07) is 7.07. The Morgan fingerprint density at radius 1 is 1.10 bits per heavy atom. The molecule has 2 nitrogen and oxygen atoms in total. The van der Waals surface area contributed by atoms with E-state index in [9.17, 15) is 4.39 Å². The average Bonchev–Trinajstić information content (AvgIpc) is 3.29. The SMILES string of the molecule is C=C(C)CC(C)CC(C)CCn1c(-c2ccc(F)cc2)c(C2=CC=CCC2)c(C(=C)NC2=CCC(C)C=C2)c1C(C)C. The fourth-order valence-electron chi connectivity index (χ4n) is 6.70. The van der Waals surface area contributed by atoms with E-state index in [1.165, 1.54) is 40.1 Å². The molecule has 1 aromatic heterocycles. The van der Waals surface area contributed by atoms with Crippen molar-refractivity contribution in [1.29, 1.82) is 0 Å². The van der Waals surface area contributed by atoms with Crippen LogP contribution in [0.2, 0.25) is 0 Å². The lowest BCUT2D eigenvalue weighted by Crippen LogP contribution is -2.15. The first kappa shape index (κ1) is 31.6. The Balaban J connectivity index is 1.86. The van der Waals surface area contributed by atoms with Crippen molar-refractivity contribution in [2.45, 2.75) is 92.5 Å². The van der Waals surface area contributed by atoms with Crippen molar-refractivity contribution in [2.75, 3.05) is 0 Å². The van der Waals surface area contributed by atoms with E-state index in [0.717, 1.165) is 55.6 Å². The van der Waals surface area contributed by atoms with Gasteiger partial charge in [0.15, 0.2) is 0 Å². The monoisotopic (exact) mass is 566 g/mol. The molecule has 1 heterocycles. The Bertz CT molecular complexity index is 1390. The summed E-state index contributed by atoms with van der Waals surface area (Å²) in [6.07, 6.45) is 19.8. The largest absolute Gasteiger partial charge is 0.356 e. The van der Waals surface area contributed by atoms with Crippen LogP contribution >= 0.6 is 0 Å². The normalized spacial score (nSPS) is 18.0.